The summed E-state index contributed by atoms with van der Waals surface area (Å²) in [5.74, 6) is 0.417. The SMILES string of the molecule is CC1=CC(c2cccc3cc4ccccc4cc23)C=C1. The second-order valence-corrected chi connectivity index (χ2v) is 5.56. The predicted octanol–water partition coefficient (Wildman–Crippen LogP) is 5.59. The molecule has 1 aliphatic carbocycles. The van der Waals surface area contributed by atoms with E-state index in [1.165, 1.54) is 32.7 Å². The molecule has 0 bridgehead atoms. The molecule has 0 saturated carbocycles. The van der Waals surface area contributed by atoms with Crippen molar-refractivity contribution in [2.45, 2.75) is 12.8 Å². The first-order valence-electron chi connectivity index (χ1n) is 7.09. The van der Waals surface area contributed by atoms with Crippen LogP contribution in [0.4, 0.5) is 0 Å². The Morgan fingerprint density at radius 1 is 0.800 bits per heavy atom. The van der Waals surface area contributed by atoms with E-state index in [1.54, 1.807) is 0 Å². The van der Waals surface area contributed by atoms with E-state index in [0.29, 0.717) is 5.92 Å². The molecule has 4 rings (SSSR count). The molecule has 0 radical (unpaired) electrons. The number of rotatable bonds is 1. The minimum absolute atomic E-state index is 0.417. The van der Waals surface area contributed by atoms with Crippen LogP contribution >= 0.6 is 0 Å². The molecule has 96 valence electrons. The molecular weight excluding hydrogens is 240 g/mol. The van der Waals surface area contributed by atoms with Gasteiger partial charge in [-0.2, -0.15) is 0 Å². The third kappa shape index (κ3) is 1.77. The highest BCUT2D eigenvalue weighted by atomic mass is 14.2. The van der Waals surface area contributed by atoms with Gasteiger partial charge in [0.2, 0.25) is 0 Å². The largest absolute Gasteiger partial charge is 0.0730 e. The Kier molecular flexibility index (Phi) is 2.50. The number of allylic oxidation sites excluding steroid dienone is 4. The van der Waals surface area contributed by atoms with Crippen molar-refractivity contribution in [3.05, 3.63) is 84.0 Å². The predicted molar refractivity (Wildman–Crippen MR) is 87.1 cm³/mol. The summed E-state index contributed by atoms with van der Waals surface area (Å²) < 4.78 is 0. The van der Waals surface area contributed by atoms with Crippen molar-refractivity contribution in [2.75, 3.05) is 0 Å². The molecule has 1 atom stereocenters. The van der Waals surface area contributed by atoms with Crippen molar-refractivity contribution >= 4 is 21.5 Å². The number of hydrogen-bond acceptors (Lipinski definition) is 0. The summed E-state index contributed by atoms with van der Waals surface area (Å²) in [6, 6.07) is 19.8. The second kappa shape index (κ2) is 4.35. The Morgan fingerprint density at radius 2 is 1.55 bits per heavy atom. The summed E-state index contributed by atoms with van der Waals surface area (Å²) in [5.41, 5.74) is 2.76. The summed E-state index contributed by atoms with van der Waals surface area (Å²) in [6.45, 7) is 2.16. The van der Waals surface area contributed by atoms with Crippen LogP contribution < -0.4 is 0 Å². The van der Waals surface area contributed by atoms with Gasteiger partial charge < -0.3 is 0 Å². The summed E-state index contributed by atoms with van der Waals surface area (Å²) in [6.07, 6.45) is 6.84. The molecule has 0 saturated heterocycles. The lowest BCUT2D eigenvalue weighted by Gasteiger charge is -2.11. The highest BCUT2D eigenvalue weighted by molar-refractivity contribution is 6.00. The molecular formula is C20H16. The lowest BCUT2D eigenvalue weighted by atomic mass is 9.92. The normalized spacial score (nSPS) is 17.9. The van der Waals surface area contributed by atoms with Crippen molar-refractivity contribution in [3.63, 3.8) is 0 Å². The van der Waals surface area contributed by atoms with Gasteiger partial charge in [-0.25, -0.2) is 0 Å². The standard InChI is InChI=1S/C20H16/c1-14-9-10-18(11-14)19-8-4-7-17-12-15-5-2-3-6-16(15)13-20(17)19/h2-13,18H,1H3. The van der Waals surface area contributed by atoms with E-state index in [0.717, 1.165) is 0 Å². The summed E-state index contributed by atoms with van der Waals surface area (Å²) in [5, 5.41) is 5.32. The minimum Gasteiger partial charge on any atom is -0.0730 e. The summed E-state index contributed by atoms with van der Waals surface area (Å²) in [4.78, 5) is 0. The van der Waals surface area contributed by atoms with Gasteiger partial charge in [-0.3, -0.25) is 0 Å². The van der Waals surface area contributed by atoms with Crippen LogP contribution in [0.5, 0.6) is 0 Å². The van der Waals surface area contributed by atoms with E-state index in [9.17, 15) is 0 Å². The number of fused-ring (bicyclic) bond motifs is 2. The van der Waals surface area contributed by atoms with Crippen LogP contribution in [0.15, 0.2) is 78.4 Å². The van der Waals surface area contributed by atoms with Crippen LogP contribution in [0.25, 0.3) is 21.5 Å². The minimum atomic E-state index is 0.417. The van der Waals surface area contributed by atoms with Gasteiger partial charge in [0.1, 0.15) is 0 Å². The van der Waals surface area contributed by atoms with Gasteiger partial charge in [-0.05, 0) is 46.2 Å². The summed E-state index contributed by atoms with van der Waals surface area (Å²) >= 11 is 0. The van der Waals surface area contributed by atoms with Crippen molar-refractivity contribution in [1.29, 1.82) is 0 Å². The Bertz CT molecular complexity index is 865. The van der Waals surface area contributed by atoms with Gasteiger partial charge in [-0.1, -0.05) is 66.3 Å². The fourth-order valence-electron chi connectivity index (χ4n) is 3.12. The van der Waals surface area contributed by atoms with E-state index in [-0.39, 0.29) is 0 Å². The van der Waals surface area contributed by atoms with E-state index >= 15 is 0 Å². The molecule has 0 fully saturated rings. The quantitative estimate of drug-likeness (QED) is 0.498. The molecule has 0 nitrogen and oxygen atoms in total. The highest BCUT2D eigenvalue weighted by Gasteiger charge is 2.13. The van der Waals surface area contributed by atoms with E-state index in [1.807, 2.05) is 0 Å². The van der Waals surface area contributed by atoms with Crippen molar-refractivity contribution in [3.8, 4) is 0 Å². The third-order valence-electron chi connectivity index (χ3n) is 4.15. The van der Waals surface area contributed by atoms with Crippen LogP contribution in [0, 0.1) is 0 Å². The first-order chi connectivity index (χ1) is 9.81. The van der Waals surface area contributed by atoms with E-state index in [2.05, 4.69) is 79.7 Å². The van der Waals surface area contributed by atoms with Crippen molar-refractivity contribution in [2.24, 2.45) is 0 Å². The van der Waals surface area contributed by atoms with Gasteiger partial charge in [-0.15, -0.1) is 0 Å². The van der Waals surface area contributed by atoms with Crippen LogP contribution in [0.2, 0.25) is 0 Å². The van der Waals surface area contributed by atoms with Gasteiger partial charge in [0, 0.05) is 5.92 Å². The lowest BCUT2D eigenvalue weighted by molar-refractivity contribution is 1.12. The first-order valence-corrected chi connectivity index (χ1v) is 7.09. The lowest BCUT2D eigenvalue weighted by Crippen LogP contribution is -1.91. The topological polar surface area (TPSA) is 0 Å². The monoisotopic (exact) mass is 256 g/mol. The molecule has 1 unspecified atom stereocenters. The second-order valence-electron chi connectivity index (χ2n) is 5.56. The Hall–Kier alpha value is -2.34. The number of benzene rings is 3. The van der Waals surface area contributed by atoms with Crippen LogP contribution in [-0.4, -0.2) is 0 Å². The first kappa shape index (κ1) is 11.5. The highest BCUT2D eigenvalue weighted by Crippen LogP contribution is 2.33. The summed E-state index contributed by atoms with van der Waals surface area (Å²) in [7, 11) is 0. The molecule has 0 aromatic heterocycles. The van der Waals surface area contributed by atoms with Gasteiger partial charge in [0.15, 0.2) is 0 Å². The van der Waals surface area contributed by atoms with Crippen LogP contribution in [0.1, 0.15) is 18.4 Å². The molecule has 1 aliphatic rings. The van der Waals surface area contributed by atoms with Gasteiger partial charge in [0.25, 0.3) is 0 Å². The van der Waals surface area contributed by atoms with Crippen molar-refractivity contribution in [1.82, 2.24) is 0 Å². The fourth-order valence-corrected chi connectivity index (χ4v) is 3.12. The Labute approximate surface area is 119 Å². The maximum Gasteiger partial charge on any atom is 0.0213 e. The molecule has 0 N–H and O–H groups in total. The van der Waals surface area contributed by atoms with E-state index in [4.69, 9.17) is 0 Å². The van der Waals surface area contributed by atoms with Gasteiger partial charge in [0.05, 0.1) is 0 Å². The molecule has 0 spiro atoms. The Morgan fingerprint density at radius 3 is 2.30 bits per heavy atom. The third-order valence-corrected chi connectivity index (χ3v) is 4.15. The molecule has 0 amide bonds. The zero-order valence-electron chi connectivity index (χ0n) is 11.5. The average Bonchev–Trinajstić information content (AvgIpc) is 2.91. The van der Waals surface area contributed by atoms with Gasteiger partial charge >= 0.3 is 0 Å². The zero-order chi connectivity index (χ0) is 13.5. The van der Waals surface area contributed by atoms with Crippen LogP contribution in [0.3, 0.4) is 0 Å². The van der Waals surface area contributed by atoms with E-state index < -0.39 is 0 Å². The maximum absolute atomic E-state index is 2.34. The molecule has 3 aromatic carbocycles. The smallest absolute Gasteiger partial charge is 0.0213 e. The number of hydrogen-bond donors (Lipinski definition) is 0. The van der Waals surface area contributed by atoms with Crippen molar-refractivity contribution < 1.29 is 0 Å². The molecule has 0 heterocycles. The molecule has 20 heavy (non-hydrogen) atoms. The van der Waals surface area contributed by atoms with Crippen LogP contribution in [-0.2, 0) is 0 Å². The maximum atomic E-state index is 2.34. The Balaban J connectivity index is 2.02. The molecule has 0 heteroatoms. The zero-order valence-corrected chi connectivity index (χ0v) is 11.5. The average molecular weight is 256 g/mol. The molecule has 3 aromatic rings. The fraction of sp³-hybridized carbons (Fsp3) is 0.100. The molecule has 0 aliphatic heterocycles.